The monoisotopic (exact) mass is 275 g/mol. The number of likely N-dealkylation sites (tertiary alicyclic amines) is 1. The van der Waals surface area contributed by atoms with E-state index in [1.54, 1.807) is 6.20 Å². The first kappa shape index (κ1) is 15.0. The SMILES string of the molecule is CN1CCC[C@H]1c1ccnc(C(=O)NCC(C)(C)C)c1. The van der Waals surface area contributed by atoms with Crippen LogP contribution in [0.5, 0.6) is 0 Å². The lowest BCUT2D eigenvalue weighted by molar-refractivity contribution is 0.0934. The van der Waals surface area contributed by atoms with Gasteiger partial charge < -0.3 is 5.32 Å². The van der Waals surface area contributed by atoms with Crippen molar-refractivity contribution in [3.63, 3.8) is 0 Å². The van der Waals surface area contributed by atoms with E-state index in [2.05, 4.69) is 43.0 Å². The van der Waals surface area contributed by atoms with Crippen molar-refractivity contribution in [3.8, 4) is 0 Å². The number of pyridine rings is 1. The summed E-state index contributed by atoms with van der Waals surface area (Å²) >= 11 is 0. The molecule has 4 heteroatoms. The maximum absolute atomic E-state index is 12.2. The Labute approximate surface area is 121 Å². The van der Waals surface area contributed by atoms with Gasteiger partial charge in [0.25, 0.3) is 5.91 Å². The van der Waals surface area contributed by atoms with Crippen LogP contribution in [-0.4, -0.2) is 35.9 Å². The molecule has 110 valence electrons. The van der Waals surface area contributed by atoms with Crippen molar-refractivity contribution >= 4 is 5.91 Å². The third-order valence-electron chi connectivity index (χ3n) is 3.70. The molecule has 1 aromatic rings. The third-order valence-corrected chi connectivity index (χ3v) is 3.70. The minimum absolute atomic E-state index is 0.0811. The molecule has 1 aliphatic rings. The highest BCUT2D eigenvalue weighted by molar-refractivity contribution is 5.92. The van der Waals surface area contributed by atoms with E-state index in [4.69, 9.17) is 0 Å². The summed E-state index contributed by atoms with van der Waals surface area (Å²) in [5, 5.41) is 2.95. The van der Waals surface area contributed by atoms with Gasteiger partial charge in [-0.05, 0) is 49.5 Å². The van der Waals surface area contributed by atoms with Gasteiger partial charge in [0.05, 0.1) is 0 Å². The zero-order valence-electron chi connectivity index (χ0n) is 12.9. The summed E-state index contributed by atoms with van der Waals surface area (Å²) in [4.78, 5) is 18.7. The van der Waals surface area contributed by atoms with Crippen molar-refractivity contribution in [3.05, 3.63) is 29.6 Å². The summed E-state index contributed by atoms with van der Waals surface area (Å²) in [6.07, 6.45) is 4.12. The van der Waals surface area contributed by atoms with Crippen molar-refractivity contribution in [2.45, 2.75) is 39.7 Å². The molecule has 1 aliphatic heterocycles. The van der Waals surface area contributed by atoms with Crippen LogP contribution in [0.3, 0.4) is 0 Å². The topological polar surface area (TPSA) is 45.2 Å². The molecular formula is C16H25N3O. The number of nitrogens with one attached hydrogen (secondary N) is 1. The highest BCUT2D eigenvalue weighted by Crippen LogP contribution is 2.30. The third kappa shape index (κ3) is 3.79. The molecule has 2 heterocycles. The van der Waals surface area contributed by atoms with Crippen LogP contribution in [0.2, 0.25) is 0 Å². The number of carbonyl (C=O) groups excluding carboxylic acids is 1. The molecule has 0 bridgehead atoms. The van der Waals surface area contributed by atoms with Crippen LogP contribution >= 0.6 is 0 Å². The molecule has 1 amide bonds. The number of rotatable bonds is 3. The van der Waals surface area contributed by atoms with Crippen LogP contribution in [0.15, 0.2) is 18.3 Å². The van der Waals surface area contributed by atoms with E-state index in [-0.39, 0.29) is 11.3 Å². The standard InChI is InChI=1S/C16H25N3O/c1-16(2,3)11-18-15(20)13-10-12(7-8-17-13)14-6-5-9-19(14)4/h7-8,10,14H,5-6,9,11H2,1-4H3,(H,18,20)/t14-/m0/s1. The van der Waals surface area contributed by atoms with Crippen LogP contribution in [0, 0.1) is 5.41 Å². The Balaban J connectivity index is 2.07. The second-order valence-corrected chi connectivity index (χ2v) is 6.86. The van der Waals surface area contributed by atoms with Gasteiger partial charge in [0.2, 0.25) is 0 Å². The largest absolute Gasteiger partial charge is 0.350 e. The second-order valence-electron chi connectivity index (χ2n) is 6.86. The lowest BCUT2D eigenvalue weighted by atomic mass is 9.97. The number of carbonyl (C=O) groups is 1. The summed E-state index contributed by atoms with van der Waals surface area (Å²) in [5.41, 5.74) is 1.80. The quantitative estimate of drug-likeness (QED) is 0.922. The summed E-state index contributed by atoms with van der Waals surface area (Å²) in [6.45, 7) is 8.08. The first-order valence-corrected chi connectivity index (χ1v) is 7.31. The fraction of sp³-hybridized carbons (Fsp3) is 0.625. The van der Waals surface area contributed by atoms with Crippen molar-refractivity contribution in [1.29, 1.82) is 0 Å². The highest BCUT2D eigenvalue weighted by Gasteiger charge is 2.23. The Morgan fingerprint density at radius 1 is 1.50 bits per heavy atom. The number of aromatic nitrogens is 1. The first-order valence-electron chi connectivity index (χ1n) is 7.31. The summed E-state index contributed by atoms with van der Waals surface area (Å²) in [5.74, 6) is -0.0811. The molecule has 1 N–H and O–H groups in total. The fourth-order valence-electron chi connectivity index (χ4n) is 2.55. The van der Waals surface area contributed by atoms with E-state index >= 15 is 0 Å². The number of amides is 1. The fourth-order valence-corrected chi connectivity index (χ4v) is 2.55. The lowest BCUT2D eigenvalue weighted by Gasteiger charge is -2.21. The molecule has 1 saturated heterocycles. The van der Waals surface area contributed by atoms with Crippen molar-refractivity contribution in [2.75, 3.05) is 20.1 Å². The van der Waals surface area contributed by atoms with Crippen molar-refractivity contribution in [2.24, 2.45) is 5.41 Å². The van der Waals surface area contributed by atoms with Gasteiger partial charge in [-0.2, -0.15) is 0 Å². The van der Waals surface area contributed by atoms with E-state index in [9.17, 15) is 4.79 Å². The van der Waals surface area contributed by atoms with E-state index in [0.717, 1.165) is 13.0 Å². The van der Waals surface area contributed by atoms with Crippen LogP contribution in [0.1, 0.15) is 55.7 Å². The average molecular weight is 275 g/mol. The maximum atomic E-state index is 12.2. The Morgan fingerprint density at radius 2 is 2.25 bits per heavy atom. The molecule has 0 spiro atoms. The van der Waals surface area contributed by atoms with Gasteiger partial charge in [-0.1, -0.05) is 20.8 Å². The number of hydrogen-bond donors (Lipinski definition) is 1. The minimum atomic E-state index is -0.0811. The highest BCUT2D eigenvalue weighted by atomic mass is 16.1. The normalized spacial score (nSPS) is 20.1. The van der Waals surface area contributed by atoms with Crippen LogP contribution in [0.25, 0.3) is 0 Å². The molecule has 1 fully saturated rings. The Bertz CT molecular complexity index is 479. The molecular weight excluding hydrogens is 250 g/mol. The van der Waals surface area contributed by atoms with Gasteiger partial charge in [-0.25, -0.2) is 0 Å². The molecule has 0 unspecified atom stereocenters. The second kappa shape index (κ2) is 5.92. The van der Waals surface area contributed by atoms with Gasteiger partial charge in [-0.3, -0.25) is 14.7 Å². The van der Waals surface area contributed by atoms with Crippen LogP contribution < -0.4 is 5.32 Å². The molecule has 0 aromatic carbocycles. The summed E-state index contributed by atoms with van der Waals surface area (Å²) < 4.78 is 0. The molecule has 20 heavy (non-hydrogen) atoms. The van der Waals surface area contributed by atoms with Crippen LogP contribution in [-0.2, 0) is 0 Å². The number of hydrogen-bond acceptors (Lipinski definition) is 3. The first-order chi connectivity index (χ1) is 9.37. The Kier molecular flexibility index (Phi) is 4.43. The molecule has 1 atom stereocenters. The van der Waals surface area contributed by atoms with Gasteiger partial charge in [0.1, 0.15) is 5.69 Å². The summed E-state index contributed by atoms with van der Waals surface area (Å²) in [7, 11) is 2.14. The predicted molar refractivity (Wildman–Crippen MR) is 80.6 cm³/mol. The van der Waals surface area contributed by atoms with Gasteiger partial charge in [-0.15, -0.1) is 0 Å². The smallest absolute Gasteiger partial charge is 0.269 e. The van der Waals surface area contributed by atoms with Crippen LogP contribution in [0.4, 0.5) is 0 Å². The predicted octanol–water partition coefficient (Wildman–Crippen LogP) is 2.62. The summed E-state index contributed by atoms with van der Waals surface area (Å²) in [6, 6.07) is 4.38. The molecule has 4 nitrogen and oxygen atoms in total. The average Bonchev–Trinajstić information content (AvgIpc) is 2.81. The van der Waals surface area contributed by atoms with E-state index < -0.39 is 0 Å². The van der Waals surface area contributed by atoms with E-state index in [1.807, 2.05) is 12.1 Å². The maximum Gasteiger partial charge on any atom is 0.269 e. The zero-order chi connectivity index (χ0) is 14.8. The van der Waals surface area contributed by atoms with Gasteiger partial charge in [0, 0.05) is 18.8 Å². The molecule has 0 saturated carbocycles. The van der Waals surface area contributed by atoms with E-state index in [1.165, 1.54) is 12.0 Å². The Hall–Kier alpha value is -1.42. The molecule has 0 aliphatic carbocycles. The van der Waals surface area contributed by atoms with E-state index in [0.29, 0.717) is 18.3 Å². The lowest BCUT2D eigenvalue weighted by Crippen LogP contribution is -2.32. The zero-order valence-corrected chi connectivity index (χ0v) is 12.9. The minimum Gasteiger partial charge on any atom is -0.350 e. The molecule has 0 radical (unpaired) electrons. The van der Waals surface area contributed by atoms with Gasteiger partial charge >= 0.3 is 0 Å². The molecule has 2 rings (SSSR count). The number of nitrogens with zero attached hydrogens (tertiary/aromatic N) is 2. The van der Waals surface area contributed by atoms with Crippen molar-refractivity contribution < 1.29 is 4.79 Å². The van der Waals surface area contributed by atoms with Gasteiger partial charge in [0.15, 0.2) is 0 Å². The molecule has 1 aromatic heterocycles. The Morgan fingerprint density at radius 3 is 2.85 bits per heavy atom. The van der Waals surface area contributed by atoms with Crippen molar-refractivity contribution in [1.82, 2.24) is 15.2 Å².